The van der Waals surface area contributed by atoms with Crippen molar-refractivity contribution in [3.8, 4) is 29.1 Å². The molecular weight excluding hydrogens is 1050 g/mol. The quantitative estimate of drug-likeness (QED) is 0.0512. The van der Waals surface area contributed by atoms with Gasteiger partial charge in [-0.25, -0.2) is 38.7 Å². The number of nitrogen functional groups attached to an aromatic ring is 1. The van der Waals surface area contributed by atoms with Gasteiger partial charge >= 0.3 is 0 Å². The summed E-state index contributed by atoms with van der Waals surface area (Å²) in [5.41, 5.74) is 8.65. The number of methoxy groups -OCH3 is 3. The molecule has 0 atom stereocenters. The van der Waals surface area contributed by atoms with Crippen molar-refractivity contribution in [3.05, 3.63) is 133 Å². The number of hydrogen-bond donors (Lipinski definition) is 4. The second kappa shape index (κ2) is 24.7. The smallest absolute Gasteiger partial charge is 0.270 e. The van der Waals surface area contributed by atoms with Crippen LogP contribution < -0.4 is 30.6 Å². The number of nitriles is 1. The number of non-ortho nitro benzene ring substituents is 2. The van der Waals surface area contributed by atoms with E-state index in [4.69, 9.17) is 19.9 Å². The third-order valence-corrected chi connectivity index (χ3v) is 13.1. The van der Waals surface area contributed by atoms with Gasteiger partial charge in [0.25, 0.3) is 11.4 Å². The maximum Gasteiger partial charge on any atom is 0.270 e. The van der Waals surface area contributed by atoms with Crippen LogP contribution in [-0.2, 0) is 62.4 Å². The Morgan fingerprint density at radius 3 is 1.61 bits per heavy atom. The fraction of sp³-hybridized carbons (Fsp3) is 0.311. The van der Waals surface area contributed by atoms with Crippen LogP contribution in [0.2, 0.25) is 0 Å². The summed E-state index contributed by atoms with van der Waals surface area (Å²) in [6, 6.07) is 21.6. The molecule has 25 nitrogen and oxygen atoms in total. The number of anilines is 4. The van der Waals surface area contributed by atoms with E-state index >= 15 is 0 Å². The zero-order valence-electron chi connectivity index (χ0n) is 40.9. The predicted molar refractivity (Wildman–Crippen MR) is 277 cm³/mol. The number of fused-ring (bicyclic) bond motifs is 1. The molecule has 6 aromatic rings. The maximum absolute atomic E-state index is 11.7. The van der Waals surface area contributed by atoms with Crippen LogP contribution in [-0.4, -0.2) is 116 Å². The van der Waals surface area contributed by atoms with E-state index in [9.17, 15) is 64.3 Å². The molecule has 4 aromatic carbocycles. The second-order valence-electron chi connectivity index (χ2n) is 16.7. The molecular formula is C45H53N9O16S4. The third kappa shape index (κ3) is 19.0. The highest BCUT2D eigenvalue weighted by atomic mass is 32.2. The van der Waals surface area contributed by atoms with Crippen LogP contribution in [0.1, 0.15) is 40.7 Å². The number of rotatable bonds is 17. The number of nitrogens with two attached hydrogens (primary N) is 1. The molecule has 2 heterocycles. The van der Waals surface area contributed by atoms with Gasteiger partial charge in [-0.1, -0.05) is 0 Å². The van der Waals surface area contributed by atoms with E-state index < -0.39 is 54.9 Å². The van der Waals surface area contributed by atoms with Crippen LogP contribution in [0.5, 0.6) is 23.0 Å². The number of nitrogens with zero attached hydrogens (tertiary/aromatic N) is 6. The standard InChI is InChI=1S/C19H20N6O3S.C9H11NO5S.C9H13NO3S.C8H9NO5S/c1-28-16-6-5-15(7-12(16)11-29(2,26)27)22-17-8-18(23-14-3-4-14)25-19(24-17)13(9-20)10-21-25;1-15-9-4-3-8(10(11)12)5-7(9)6-16(2,13)14;1-13-9-4-3-8(10)5-7(9)6-14(2,11)12;1-15(13,14)5-6-4-7(9(11)12)2-3-8(6)10/h5-8,10,14,23H,3-4,11H2,1-2H3,(H,22,24);3-5H,6H2,1-2H3;3-5H,6,10H2,1-2H3;2-4,10H,5H2,1H3. The maximum atomic E-state index is 11.7. The molecule has 0 spiro atoms. The van der Waals surface area contributed by atoms with E-state index in [1.54, 1.807) is 40.9 Å². The summed E-state index contributed by atoms with van der Waals surface area (Å²) >= 11 is 0. The number of nitrogens with one attached hydrogen (secondary N) is 2. The molecule has 74 heavy (non-hydrogen) atoms. The summed E-state index contributed by atoms with van der Waals surface area (Å²) < 4.78 is 107. The van der Waals surface area contributed by atoms with E-state index in [1.807, 2.05) is 6.07 Å². The van der Waals surface area contributed by atoms with Crippen molar-refractivity contribution < 1.29 is 62.8 Å². The summed E-state index contributed by atoms with van der Waals surface area (Å²) in [4.78, 5) is 24.2. The van der Waals surface area contributed by atoms with E-state index in [0.29, 0.717) is 68.4 Å². The van der Waals surface area contributed by atoms with Gasteiger partial charge in [0.05, 0.1) is 60.4 Å². The minimum atomic E-state index is -3.32. The van der Waals surface area contributed by atoms with E-state index in [1.165, 1.54) is 58.2 Å². The Kier molecular flexibility index (Phi) is 19.6. The summed E-state index contributed by atoms with van der Waals surface area (Å²) in [5.74, 6) is 1.50. The molecule has 7 rings (SSSR count). The van der Waals surface area contributed by atoms with Crippen LogP contribution in [0.3, 0.4) is 0 Å². The summed E-state index contributed by atoms with van der Waals surface area (Å²) in [7, 11) is -8.48. The molecule has 2 aromatic heterocycles. The van der Waals surface area contributed by atoms with Crippen molar-refractivity contribution >= 4 is 79.4 Å². The van der Waals surface area contributed by atoms with Crippen LogP contribution in [0, 0.1) is 31.6 Å². The molecule has 0 bridgehead atoms. The number of aromatic nitrogens is 3. The molecule has 0 radical (unpaired) electrons. The Morgan fingerprint density at radius 1 is 0.689 bits per heavy atom. The van der Waals surface area contributed by atoms with Gasteiger partial charge in [0, 0.05) is 95.0 Å². The van der Waals surface area contributed by atoms with Gasteiger partial charge in [-0.2, -0.15) is 14.9 Å². The molecule has 5 N–H and O–H groups in total. The topological polar surface area (TPSA) is 375 Å². The molecule has 1 aliphatic rings. The monoisotopic (exact) mass is 1100 g/mol. The lowest BCUT2D eigenvalue weighted by Gasteiger charge is -2.13. The molecule has 29 heteroatoms. The molecule has 1 fully saturated rings. The lowest BCUT2D eigenvalue weighted by Crippen LogP contribution is -2.09. The van der Waals surface area contributed by atoms with Crippen molar-refractivity contribution in [1.82, 2.24) is 14.6 Å². The number of phenols is 1. The Labute approximate surface area is 426 Å². The molecule has 0 unspecified atom stereocenters. The highest BCUT2D eigenvalue weighted by molar-refractivity contribution is 7.90. The number of nitro benzene ring substituents is 2. The van der Waals surface area contributed by atoms with Crippen LogP contribution >= 0.6 is 0 Å². The van der Waals surface area contributed by atoms with Gasteiger partial charge in [0.1, 0.15) is 46.3 Å². The van der Waals surface area contributed by atoms with E-state index in [-0.39, 0.29) is 39.9 Å². The Hall–Kier alpha value is -7.81. The summed E-state index contributed by atoms with van der Waals surface area (Å²) in [5, 5.41) is 50.4. The number of nitro groups is 2. The van der Waals surface area contributed by atoms with Crippen molar-refractivity contribution in [2.75, 3.05) is 62.7 Å². The number of sulfone groups is 4. The fourth-order valence-electron chi connectivity index (χ4n) is 6.60. The van der Waals surface area contributed by atoms with E-state index in [2.05, 4.69) is 26.8 Å². The average Bonchev–Trinajstić information content (AvgIpc) is 4.01. The predicted octanol–water partition coefficient (Wildman–Crippen LogP) is 5.29. The number of phenolic OH excluding ortho intramolecular Hbond substituents is 1. The average molecular weight is 1100 g/mol. The summed E-state index contributed by atoms with van der Waals surface area (Å²) in [6.07, 6.45) is 8.08. The minimum absolute atomic E-state index is 0.0340. The van der Waals surface area contributed by atoms with Crippen LogP contribution in [0.25, 0.3) is 5.65 Å². The number of ether oxygens (including phenoxy) is 3. The normalized spacial score (nSPS) is 12.2. The number of hydrogen-bond acceptors (Lipinski definition) is 22. The van der Waals surface area contributed by atoms with Gasteiger partial charge < -0.3 is 35.7 Å². The Morgan fingerprint density at radius 2 is 1.14 bits per heavy atom. The SMILES string of the molecule is COc1ccc(N)cc1CS(C)(=O)=O.COc1ccc(Nc2cc(NC3CC3)n3ncc(C#N)c3n2)cc1CS(C)(=O)=O.COc1ccc([N+](=O)[O-])cc1CS(C)(=O)=O.CS(=O)(=O)Cc1cc([N+](=O)[O-])ccc1O. The highest BCUT2D eigenvalue weighted by Crippen LogP contribution is 2.31. The first kappa shape index (κ1) is 58.8. The molecule has 0 amide bonds. The lowest BCUT2D eigenvalue weighted by molar-refractivity contribution is -0.385. The summed E-state index contributed by atoms with van der Waals surface area (Å²) in [6.45, 7) is 0. The fourth-order valence-corrected chi connectivity index (χ4v) is 9.76. The molecule has 398 valence electrons. The first-order valence-electron chi connectivity index (χ1n) is 21.3. The second-order valence-corrected chi connectivity index (χ2v) is 25.2. The largest absolute Gasteiger partial charge is 0.508 e. The minimum Gasteiger partial charge on any atom is -0.508 e. The zero-order valence-corrected chi connectivity index (χ0v) is 44.1. The van der Waals surface area contributed by atoms with Crippen LogP contribution in [0.4, 0.5) is 34.4 Å². The number of aromatic hydroxyl groups is 1. The Bertz CT molecular complexity index is 3550. The van der Waals surface area contributed by atoms with Gasteiger partial charge in [0.15, 0.2) is 45.0 Å². The van der Waals surface area contributed by atoms with Gasteiger partial charge in [-0.05, 0) is 61.4 Å². The molecule has 0 saturated heterocycles. The third-order valence-electron chi connectivity index (χ3n) is 9.80. The first-order valence-corrected chi connectivity index (χ1v) is 29.6. The lowest BCUT2D eigenvalue weighted by atomic mass is 10.2. The zero-order chi connectivity index (χ0) is 55.3. The first-order chi connectivity index (χ1) is 34.4. The molecule has 1 aliphatic carbocycles. The van der Waals surface area contributed by atoms with Gasteiger partial charge in [-0.15, -0.1) is 0 Å². The van der Waals surface area contributed by atoms with Crippen molar-refractivity contribution in [2.24, 2.45) is 0 Å². The Balaban J connectivity index is 0.000000227. The van der Waals surface area contributed by atoms with Crippen LogP contribution in [0.15, 0.2) is 85.1 Å². The van der Waals surface area contributed by atoms with Gasteiger partial charge in [0.2, 0.25) is 0 Å². The van der Waals surface area contributed by atoms with Crippen molar-refractivity contribution in [2.45, 2.75) is 41.9 Å². The van der Waals surface area contributed by atoms with E-state index in [0.717, 1.165) is 49.4 Å². The number of benzene rings is 4. The van der Waals surface area contributed by atoms with Gasteiger partial charge in [-0.3, -0.25) is 20.2 Å². The van der Waals surface area contributed by atoms with Crippen molar-refractivity contribution in [1.29, 1.82) is 5.26 Å². The molecule has 1 saturated carbocycles. The van der Waals surface area contributed by atoms with Crippen molar-refractivity contribution in [3.63, 3.8) is 0 Å². The molecule has 0 aliphatic heterocycles. The highest BCUT2D eigenvalue weighted by Gasteiger charge is 2.24.